The maximum atomic E-state index is 3.55. The van der Waals surface area contributed by atoms with Crippen molar-refractivity contribution in [3.8, 4) is 68.9 Å². The Kier molecular flexibility index (Phi) is 7.63. The zero-order chi connectivity index (χ0) is 35.8. The highest BCUT2D eigenvalue weighted by atomic mass is 14.1. The smallest absolute Gasteiger partial charge is 0.0411 e. The molecule has 9 aromatic rings. The highest BCUT2D eigenvalue weighted by molar-refractivity contribution is 5.99. The molecule has 54 heavy (non-hydrogen) atoms. The molecular formula is C54H30. The second-order valence-electron chi connectivity index (χ2n) is 13.6. The second kappa shape index (κ2) is 13.2. The summed E-state index contributed by atoms with van der Waals surface area (Å²) in [6.45, 7) is 0. The molecule has 1 aliphatic carbocycles. The molecule has 0 aromatic heterocycles. The molecular weight excluding hydrogens is 649 g/mol. The molecule has 0 atom stereocenters. The van der Waals surface area contributed by atoms with Gasteiger partial charge in [-0.1, -0.05) is 181 Å². The predicted octanol–water partition coefficient (Wildman–Crippen LogP) is 12.7. The highest BCUT2D eigenvalue weighted by Gasteiger charge is 2.11. The largest absolute Gasteiger partial charge is 0.0616 e. The standard InChI is InChI=1S/C54H30/c1-4-16-49-40(10-1)13-7-19-52(49)46-31-25-37-23-29-44-35-48(54-21-9-15-42-12-3-6-18-51(42)54)33-27-39(44)24-30-45-36-47(32-26-38(45)22-28-43(37)34-46)53-20-8-14-41-11-2-5-17-50(41)53/h1-21,25-27,31-36H. The third-order valence-corrected chi connectivity index (χ3v) is 10.4. The van der Waals surface area contributed by atoms with Gasteiger partial charge in [-0.3, -0.25) is 0 Å². The first-order chi connectivity index (χ1) is 26.7. The summed E-state index contributed by atoms with van der Waals surface area (Å²) in [5, 5.41) is 7.26. The third-order valence-electron chi connectivity index (χ3n) is 10.4. The van der Waals surface area contributed by atoms with E-state index in [4.69, 9.17) is 0 Å². The molecule has 0 heterocycles. The minimum absolute atomic E-state index is 0.885. The van der Waals surface area contributed by atoms with E-state index in [2.05, 4.69) is 218 Å². The van der Waals surface area contributed by atoms with Crippen LogP contribution in [0.3, 0.4) is 0 Å². The Bertz CT molecular complexity index is 2820. The van der Waals surface area contributed by atoms with E-state index in [0.29, 0.717) is 0 Å². The van der Waals surface area contributed by atoms with Gasteiger partial charge in [0.1, 0.15) is 0 Å². The zero-order valence-electron chi connectivity index (χ0n) is 29.3. The lowest BCUT2D eigenvalue weighted by molar-refractivity contribution is 1.53. The van der Waals surface area contributed by atoms with Gasteiger partial charge in [0.25, 0.3) is 0 Å². The first-order valence-electron chi connectivity index (χ1n) is 18.2. The van der Waals surface area contributed by atoms with Crippen LogP contribution in [-0.4, -0.2) is 0 Å². The highest BCUT2D eigenvalue weighted by Crippen LogP contribution is 2.33. The van der Waals surface area contributed by atoms with Gasteiger partial charge in [0.2, 0.25) is 0 Å². The van der Waals surface area contributed by atoms with Crippen LogP contribution in [0.2, 0.25) is 0 Å². The lowest BCUT2D eigenvalue weighted by Gasteiger charge is -2.10. The molecule has 0 fully saturated rings. The van der Waals surface area contributed by atoms with E-state index in [1.54, 1.807) is 0 Å². The van der Waals surface area contributed by atoms with Crippen molar-refractivity contribution in [2.45, 2.75) is 0 Å². The summed E-state index contributed by atoms with van der Waals surface area (Å²) in [6.07, 6.45) is 0. The molecule has 0 radical (unpaired) electrons. The molecule has 0 unspecified atom stereocenters. The molecule has 0 aliphatic heterocycles. The quantitative estimate of drug-likeness (QED) is 0.163. The van der Waals surface area contributed by atoms with Gasteiger partial charge >= 0.3 is 0 Å². The molecule has 0 N–H and O–H groups in total. The van der Waals surface area contributed by atoms with Crippen LogP contribution < -0.4 is 0 Å². The van der Waals surface area contributed by atoms with E-state index in [0.717, 1.165) is 50.1 Å². The molecule has 10 rings (SSSR count). The minimum Gasteiger partial charge on any atom is -0.0616 e. The first-order valence-corrected chi connectivity index (χ1v) is 18.2. The normalized spacial score (nSPS) is 11.3. The maximum absolute atomic E-state index is 3.55. The summed E-state index contributed by atoms with van der Waals surface area (Å²) >= 11 is 0. The van der Waals surface area contributed by atoms with Crippen molar-refractivity contribution >= 4 is 32.3 Å². The lowest BCUT2D eigenvalue weighted by atomic mass is 9.93. The van der Waals surface area contributed by atoms with Crippen LogP contribution in [0.4, 0.5) is 0 Å². The van der Waals surface area contributed by atoms with E-state index >= 15 is 0 Å². The van der Waals surface area contributed by atoms with E-state index < -0.39 is 0 Å². The van der Waals surface area contributed by atoms with Crippen molar-refractivity contribution < 1.29 is 0 Å². The van der Waals surface area contributed by atoms with Crippen molar-refractivity contribution in [3.63, 3.8) is 0 Å². The molecule has 0 saturated heterocycles. The average Bonchev–Trinajstić information content (AvgIpc) is 3.23. The SMILES string of the molecule is C1#Cc2cc(-c3cccc4ccccc34)ccc2C#Cc2cc(-c3cccc4ccccc34)ccc2C#Cc2cc(-c3cccc4ccccc34)ccc21. The van der Waals surface area contributed by atoms with Crippen LogP contribution in [0, 0.1) is 35.5 Å². The van der Waals surface area contributed by atoms with Gasteiger partial charge in [0.05, 0.1) is 0 Å². The molecule has 0 bridgehead atoms. The Morgan fingerprint density at radius 3 is 0.833 bits per heavy atom. The van der Waals surface area contributed by atoms with Gasteiger partial charge in [0, 0.05) is 33.4 Å². The molecule has 246 valence electrons. The summed E-state index contributed by atoms with van der Waals surface area (Å²) in [7, 11) is 0. The molecule has 0 spiro atoms. The van der Waals surface area contributed by atoms with Gasteiger partial charge in [-0.15, -0.1) is 0 Å². The Hall–Kier alpha value is -7.56. The van der Waals surface area contributed by atoms with Gasteiger partial charge in [-0.25, -0.2) is 0 Å². The van der Waals surface area contributed by atoms with Crippen molar-refractivity contribution in [1.82, 2.24) is 0 Å². The fraction of sp³-hybridized carbons (Fsp3) is 0. The van der Waals surface area contributed by atoms with Crippen LogP contribution in [-0.2, 0) is 0 Å². The van der Waals surface area contributed by atoms with E-state index in [1.165, 1.54) is 49.0 Å². The number of fused-ring (bicyclic) bond motifs is 6. The van der Waals surface area contributed by atoms with Crippen LogP contribution >= 0.6 is 0 Å². The minimum atomic E-state index is 0.885. The Labute approximate surface area is 315 Å². The Morgan fingerprint density at radius 2 is 0.500 bits per heavy atom. The zero-order valence-corrected chi connectivity index (χ0v) is 29.3. The number of benzene rings is 9. The molecule has 0 nitrogen and oxygen atoms in total. The van der Waals surface area contributed by atoms with E-state index in [1.807, 2.05) is 0 Å². The van der Waals surface area contributed by atoms with Gasteiger partial charge in [-0.05, 0) is 102 Å². The third kappa shape index (κ3) is 5.69. The Balaban J connectivity index is 1.19. The molecule has 0 amide bonds. The van der Waals surface area contributed by atoms with Crippen molar-refractivity contribution in [1.29, 1.82) is 0 Å². The van der Waals surface area contributed by atoms with Crippen LogP contribution in [0.15, 0.2) is 182 Å². The fourth-order valence-corrected chi connectivity index (χ4v) is 7.61. The molecule has 0 saturated carbocycles. The van der Waals surface area contributed by atoms with Crippen molar-refractivity contribution in [2.24, 2.45) is 0 Å². The maximum Gasteiger partial charge on any atom is 0.0411 e. The molecule has 9 aromatic carbocycles. The molecule has 0 heteroatoms. The second-order valence-corrected chi connectivity index (χ2v) is 13.6. The lowest BCUT2D eigenvalue weighted by Crippen LogP contribution is -1.93. The first kappa shape index (κ1) is 31.2. The van der Waals surface area contributed by atoms with E-state index in [9.17, 15) is 0 Å². The van der Waals surface area contributed by atoms with Gasteiger partial charge in [0.15, 0.2) is 0 Å². The number of rotatable bonds is 3. The Morgan fingerprint density at radius 1 is 0.222 bits per heavy atom. The monoisotopic (exact) mass is 678 g/mol. The number of hydrogen-bond acceptors (Lipinski definition) is 0. The summed E-state index contributed by atoms with van der Waals surface area (Å²) in [6, 6.07) is 64.4. The topological polar surface area (TPSA) is 0 Å². The van der Waals surface area contributed by atoms with E-state index in [-0.39, 0.29) is 0 Å². The summed E-state index contributed by atoms with van der Waals surface area (Å²) in [5.74, 6) is 21.2. The summed E-state index contributed by atoms with van der Waals surface area (Å²) in [4.78, 5) is 0. The van der Waals surface area contributed by atoms with Gasteiger partial charge < -0.3 is 0 Å². The summed E-state index contributed by atoms with van der Waals surface area (Å²) < 4.78 is 0. The predicted molar refractivity (Wildman–Crippen MR) is 226 cm³/mol. The van der Waals surface area contributed by atoms with Crippen LogP contribution in [0.5, 0.6) is 0 Å². The fourth-order valence-electron chi connectivity index (χ4n) is 7.61. The average molecular weight is 679 g/mol. The van der Waals surface area contributed by atoms with Crippen molar-refractivity contribution in [2.75, 3.05) is 0 Å². The summed E-state index contributed by atoms with van der Waals surface area (Å²) in [5.41, 5.74) is 12.2. The molecule has 1 aliphatic rings. The van der Waals surface area contributed by atoms with Crippen molar-refractivity contribution in [3.05, 3.63) is 215 Å². The van der Waals surface area contributed by atoms with Gasteiger partial charge in [-0.2, -0.15) is 0 Å². The van der Waals surface area contributed by atoms with Crippen LogP contribution in [0.25, 0.3) is 65.7 Å². The number of hydrogen-bond donors (Lipinski definition) is 0. The van der Waals surface area contributed by atoms with Crippen LogP contribution in [0.1, 0.15) is 33.4 Å².